The topological polar surface area (TPSA) is 30.2 Å². The van der Waals surface area contributed by atoms with Gasteiger partial charge in [0.05, 0.1) is 12.5 Å². The van der Waals surface area contributed by atoms with Crippen LogP contribution in [0.3, 0.4) is 0 Å². The van der Waals surface area contributed by atoms with Crippen molar-refractivity contribution in [1.82, 2.24) is 0 Å². The van der Waals surface area contributed by atoms with E-state index in [9.17, 15) is 4.79 Å². The SMILES string of the molecule is CC(C)=CC(=O)C/C(C)=C/CCc1ccoc1. The molecular formula is C15H20O2. The van der Waals surface area contributed by atoms with Crippen LogP contribution in [0.1, 0.15) is 39.2 Å². The number of furan rings is 1. The van der Waals surface area contributed by atoms with Crippen molar-refractivity contribution in [3.05, 3.63) is 47.5 Å². The summed E-state index contributed by atoms with van der Waals surface area (Å²) in [5.74, 6) is 0.182. The van der Waals surface area contributed by atoms with Crippen LogP contribution in [-0.4, -0.2) is 5.78 Å². The second-order valence-corrected chi connectivity index (χ2v) is 4.59. The van der Waals surface area contributed by atoms with Gasteiger partial charge in [-0.25, -0.2) is 0 Å². The van der Waals surface area contributed by atoms with E-state index >= 15 is 0 Å². The number of carbonyl (C=O) groups excluding carboxylic acids is 1. The molecule has 0 saturated carbocycles. The number of carbonyl (C=O) groups is 1. The number of aryl methyl sites for hydroxylation is 1. The lowest BCUT2D eigenvalue weighted by molar-refractivity contribution is -0.114. The molecule has 2 heteroatoms. The van der Waals surface area contributed by atoms with Gasteiger partial charge < -0.3 is 4.42 Å². The Morgan fingerprint density at radius 2 is 2.12 bits per heavy atom. The van der Waals surface area contributed by atoms with Crippen molar-refractivity contribution in [3.63, 3.8) is 0 Å². The summed E-state index contributed by atoms with van der Waals surface area (Å²) in [5, 5.41) is 0. The highest BCUT2D eigenvalue weighted by atomic mass is 16.3. The summed E-state index contributed by atoms with van der Waals surface area (Å²) >= 11 is 0. The smallest absolute Gasteiger partial charge is 0.159 e. The van der Waals surface area contributed by atoms with Crippen molar-refractivity contribution >= 4 is 5.78 Å². The number of hydrogen-bond acceptors (Lipinski definition) is 2. The summed E-state index contributed by atoms with van der Waals surface area (Å²) in [5.41, 5.74) is 3.39. The Hall–Kier alpha value is -1.57. The Bertz CT molecular complexity index is 404. The van der Waals surface area contributed by atoms with Crippen LogP contribution < -0.4 is 0 Å². The Balaban J connectivity index is 2.34. The predicted octanol–water partition coefficient (Wildman–Crippen LogP) is 4.08. The molecule has 0 unspecified atom stereocenters. The summed E-state index contributed by atoms with van der Waals surface area (Å²) in [7, 11) is 0. The maximum atomic E-state index is 11.5. The number of rotatable bonds is 6. The molecule has 1 aromatic rings. The quantitative estimate of drug-likeness (QED) is 0.546. The monoisotopic (exact) mass is 232 g/mol. The van der Waals surface area contributed by atoms with Crippen molar-refractivity contribution in [1.29, 1.82) is 0 Å². The lowest BCUT2D eigenvalue weighted by atomic mass is 10.1. The van der Waals surface area contributed by atoms with Crippen LogP contribution in [0.2, 0.25) is 0 Å². The zero-order valence-corrected chi connectivity index (χ0v) is 10.8. The molecule has 0 amide bonds. The highest BCUT2D eigenvalue weighted by Gasteiger charge is 1.99. The van der Waals surface area contributed by atoms with Gasteiger partial charge in [-0.1, -0.05) is 17.2 Å². The third-order valence-corrected chi connectivity index (χ3v) is 2.41. The molecule has 0 aliphatic rings. The van der Waals surface area contributed by atoms with E-state index in [0.29, 0.717) is 6.42 Å². The molecule has 0 atom stereocenters. The van der Waals surface area contributed by atoms with E-state index in [-0.39, 0.29) is 5.78 Å². The molecule has 0 fully saturated rings. The fourth-order valence-corrected chi connectivity index (χ4v) is 1.64. The van der Waals surface area contributed by atoms with Crippen LogP contribution in [0.15, 0.2) is 46.3 Å². The number of allylic oxidation sites excluding steroid dienone is 4. The zero-order valence-electron chi connectivity index (χ0n) is 10.8. The molecule has 92 valence electrons. The van der Waals surface area contributed by atoms with Crippen molar-refractivity contribution in [3.8, 4) is 0 Å². The van der Waals surface area contributed by atoms with E-state index in [2.05, 4.69) is 6.08 Å². The highest BCUT2D eigenvalue weighted by molar-refractivity contribution is 5.91. The van der Waals surface area contributed by atoms with Gasteiger partial charge >= 0.3 is 0 Å². The van der Waals surface area contributed by atoms with Crippen LogP contribution in [0.5, 0.6) is 0 Å². The molecule has 0 N–H and O–H groups in total. The first-order valence-electron chi connectivity index (χ1n) is 5.92. The number of ketones is 1. The lowest BCUT2D eigenvalue weighted by Gasteiger charge is -1.98. The van der Waals surface area contributed by atoms with Crippen LogP contribution in [0, 0.1) is 0 Å². The minimum absolute atomic E-state index is 0.182. The molecule has 0 aromatic carbocycles. The maximum Gasteiger partial charge on any atom is 0.159 e. The van der Waals surface area contributed by atoms with Crippen LogP contribution in [0.25, 0.3) is 0 Å². The first-order chi connectivity index (χ1) is 8.08. The van der Waals surface area contributed by atoms with E-state index in [1.54, 1.807) is 18.6 Å². The van der Waals surface area contributed by atoms with Crippen molar-refractivity contribution in [2.24, 2.45) is 0 Å². The first kappa shape index (κ1) is 13.5. The molecule has 0 radical (unpaired) electrons. The van der Waals surface area contributed by atoms with Gasteiger partial charge in [0.25, 0.3) is 0 Å². The molecule has 0 aliphatic heterocycles. The number of hydrogen-bond donors (Lipinski definition) is 0. The molecule has 1 rings (SSSR count). The van der Waals surface area contributed by atoms with Crippen molar-refractivity contribution in [2.75, 3.05) is 0 Å². The maximum absolute atomic E-state index is 11.5. The van der Waals surface area contributed by atoms with Crippen LogP contribution in [-0.2, 0) is 11.2 Å². The van der Waals surface area contributed by atoms with E-state index in [1.165, 1.54) is 5.56 Å². The van der Waals surface area contributed by atoms with E-state index in [1.807, 2.05) is 26.8 Å². The predicted molar refractivity (Wildman–Crippen MR) is 69.8 cm³/mol. The summed E-state index contributed by atoms with van der Waals surface area (Å²) in [6.07, 6.45) is 9.72. The standard InChI is InChI=1S/C15H20O2/c1-12(2)9-15(16)10-13(3)5-4-6-14-7-8-17-11-14/h5,7-9,11H,4,6,10H2,1-3H3/b13-5+. The van der Waals surface area contributed by atoms with Gasteiger partial charge in [0.2, 0.25) is 0 Å². The van der Waals surface area contributed by atoms with Gasteiger partial charge in [-0.2, -0.15) is 0 Å². The Labute approximate surface area is 103 Å². The second-order valence-electron chi connectivity index (χ2n) is 4.59. The normalized spacial score (nSPS) is 11.4. The summed E-state index contributed by atoms with van der Waals surface area (Å²) in [6, 6.07) is 1.97. The van der Waals surface area contributed by atoms with E-state index < -0.39 is 0 Å². The molecular weight excluding hydrogens is 212 g/mol. The molecule has 1 aromatic heterocycles. The second kappa shape index (κ2) is 6.89. The average molecular weight is 232 g/mol. The van der Waals surface area contributed by atoms with Gasteiger partial charge in [-0.3, -0.25) is 4.79 Å². The van der Waals surface area contributed by atoms with Gasteiger partial charge in [-0.05, 0) is 51.3 Å². The fraction of sp³-hybridized carbons (Fsp3) is 0.400. The third kappa shape index (κ3) is 5.91. The molecule has 0 aliphatic carbocycles. The van der Waals surface area contributed by atoms with Gasteiger partial charge in [0.1, 0.15) is 0 Å². The Kier molecular flexibility index (Phi) is 5.47. The molecule has 0 bridgehead atoms. The minimum Gasteiger partial charge on any atom is -0.472 e. The van der Waals surface area contributed by atoms with E-state index in [0.717, 1.165) is 24.0 Å². The van der Waals surface area contributed by atoms with E-state index in [4.69, 9.17) is 4.42 Å². The summed E-state index contributed by atoms with van der Waals surface area (Å²) < 4.78 is 5.00. The van der Waals surface area contributed by atoms with Crippen molar-refractivity contribution < 1.29 is 9.21 Å². The van der Waals surface area contributed by atoms with Crippen LogP contribution in [0.4, 0.5) is 0 Å². The highest BCUT2D eigenvalue weighted by Crippen LogP contribution is 2.08. The summed E-state index contributed by atoms with van der Waals surface area (Å²) in [6.45, 7) is 5.89. The first-order valence-corrected chi connectivity index (χ1v) is 5.92. The van der Waals surface area contributed by atoms with Crippen molar-refractivity contribution in [2.45, 2.75) is 40.0 Å². The zero-order chi connectivity index (χ0) is 12.7. The average Bonchev–Trinajstić information content (AvgIpc) is 2.68. The van der Waals surface area contributed by atoms with Gasteiger partial charge in [0.15, 0.2) is 5.78 Å². The molecule has 1 heterocycles. The molecule has 17 heavy (non-hydrogen) atoms. The largest absolute Gasteiger partial charge is 0.472 e. The fourth-order valence-electron chi connectivity index (χ4n) is 1.64. The van der Waals surface area contributed by atoms with Gasteiger partial charge in [-0.15, -0.1) is 0 Å². The Morgan fingerprint density at radius 3 is 2.71 bits per heavy atom. The van der Waals surface area contributed by atoms with Crippen LogP contribution >= 0.6 is 0 Å². The third-order valence-electron chi connectivity index (χ3n) is 2.41. The minimum atomic E-state index is 0.182. The molecule has 0 saturated heterocycles. The lowest BCUT2D eigenvalue weighted by Crippen LogP contribution is -1.94. The molecule has 2 nitrogen and oxygen atoms in total. The Morgan fingerprint density at radius 1 is 1.35 bits per heavy atom. The van der Waals surface area contributed by atoms with Gasteiger partial charge in [0, 0.05) is 6.42 Å². The summed E-state index contributed by atoms with van der Waals surface area (Å²) in [4.78, 5) is 11.5. The molecule has 0 spiro atoms.